The molecule has 3 unspecified atom stereocenters. The standard InChI is InChI=1S/C12H15BrN2O2/c13-9-3-4-17-11(9)12(16)15-5-7-1-2-10(14)8(7)6-15/h3-4,7-8,10H,1-2,5-6,14H2. The van der Waals surface area contributed by atoms with Gasteiger partial charge in [0.05, 0.1) is 10.7 Å². The number of hydrogen-bond acceptors (Lipinski definition) is 3. The number of carbonyl (C=O) groups excluding carboxylic acids is 1. The molecule has 2 aliphatic rings. The Hall–Kier alpha value is -0.810. The van der Waals surface area contributed by atoms with E-state index in [0.29, 0.717) is 17.6 Å². The van der Waals surface area contributed by atoms with Crippen LogP contribution in [0.1, 0.15) is 23.4 Å². The average molecular weight is 299 g/mol. The summed E-state index contributed by atoms with van der Waals surface area (Å²) in [5.74, 6) is 1.44. The van der Waals surface area contributed by atoms with Crippen molar-refractivity contribution in [3.8, 4) is 0 Å². The number of halogens is 1. The molecule has 92 valence electrons. The summed E-state index contributed by atoms with van der Waals surface area (Å²) < 4.78 is 5.94. The van der Waals surface area contributed by atoms with Gasteiger partial charge in [-0.3, -0.25) is 4.79 Å². The molecule has 17 heavy (non-hydrogen) atoms. The van der Waals surface area contributed by atoms with Gasteiger partial charge in [0.2, 0.25) is 5.76 Å². The summed E-state index contributed by atoms with van der Waals surface area (Å²) in [7, 11) is 0. The first kappa shape index (κ1) is 11.3. The van der Waals surface area contributed by atoms with E-state index in [-0.39, 0.29) is 11.9 Å². The van der Waals surface area contributed by atoms with Gasteiger partial charge in [-0.2, -0.15) is 0 Å². The Morgan fingerprint density at radius 3 is 2.94 bits per heavy atom. The highest BCUT2D eigenvalue weighted by atomic mass is 79.9. The monoisotopic (exact) mass is 298 g/mol. The molecule has 2 N–H and O–H groups in total. The molecule has 0 spiro atoms. The van der Waals surface area contributed by atoms with Crippen LogP contribution in [0.2, 0.25) is 0 Å². The zero-order valence-corrected chi connectivity index (χ0v) is 11.0. The van der Waals surface area contributed by atoms with Gasteiger partial charge in [-0.1, -0.05) is 0 Å². The van der Waals surface area contributed by atoms with Gasteiger partial charge >= 0.3 is 0 Å². The van der Waals surface area contributed by atoms with E-state index in [1.807, 2.05) is 4.90 Å². The fourth-order valence-electron chi connectivity index (χ4n) is 3.06. The highest BCUT2D eigenvalue weighted by Crippen LogP contribution is 2.38. The molecule has 0 aromatic carbocycles. The lowest BCUT2D eigenvalue weighted by molar-refractivity contribution is 0.0746. The summed E-state index contributed by atoms with van der Waals surface area (Å²) in [5.41, 5.74) is 6.06. The number of furan rings is 1. The van der Waals surface area contributed by atoms with Gasteiger partial charge in [-0.15, -0.1) is 0 Å². The van der Waals surface area contributed by atoms with E-state index >= 15 is 0 Å². The second kappa shape index (κ2) is 4.14. The number of nitrogens with zero attached hydrogens (tertiary/aromatic N) is 1. The van der Waals surface area contributed by atoms with Gasteiger partial charge in [0.25, 0.3) is 5.91 Å². The minimum atomic E-state index is -0.0246. The molecule has 3 rings (SSSR count). The van der Waals surface area contributed by atoms with Crippen LogP contribution < -0.4 is 5.73 Å². The normalized spacial score (nSPS) is 31.9. The lowest BCUT2D eigenvalue weighted by atomic mass is 9.98. The third-order valence-corrected chi connectivity index (χ3v) is 4.64. The van der Waals surface area contributed by atoms with E-state index in [2.05, 4.69) is 15.9 Å². The van der Waals surface area contributed by atoms with Gasteiger partial charge in [-0.05, 0) is 46.7 Å². The van der Waals surface area contributed by atoms with Crippen LogP contribution in [-0.2, 0) is 0 Å². The molecule has 5 heteroatoms. The largest absolute Gasteiger partial charge is 0.458 e. The first-order valence-electron chi connectivity index (χ1n) is 5.94. The molecule has 4 nitrogen and oxygen atoms in total. The summed E-state index contributed by atoms with van der Waals surface area (Å²) >= 11 is 3.32. The van der Waals surface area contributed by atoms with Gasteiger partial charge in [0, 0.05) is 19.1 Å². The third-order valence-electron chi connectivity index (χ3n) is 4.01. The Bertz CT molecular complexity index is 445. The van der Waals surface area contributed by atoms with Crippen molar-refractivity contribution in [1.29, 1.82) is 0 Å². The zero-order chi connectivity index (χ0) is 12.0. The molecule has 2 heterocycles. The van der Waals surface area contributed by atoms with Crippen LogP contribution in [0.4, 0.5) is 0 Å². The smallest absolute Gasteiger partial charge is 0.290 e. The molecule has 1 amide bonds. The molecule has 1 saturated carbocycles. The fraction of sp³-hybridized carbons (Fsp3) is 0.583. The minimum absolute atomic E-state index is 0.0246. The number of likely N-dealkylation sites (tertiary alicyclic amines) is 1. The van der Waals surface area contributed by atoms with Crippen molar-refractivity contribution >= 4 is 21.8 Å². The van der Waals surface area contributed by atoms with Crippen LogP contribution in [0.25, 0.3) is 0 Å². The van der Waals surface area contributed by atoms with Crippen molar-refractivity contribution in [3.05, 3.63) is 22.6 Å². The van der Waals surface area contributed by atoms with Crippen molar-refractivity contribution in [2.75, 3.05) is 13.1 Å². The Balaban J connectivity index is 1.75. The summed E-state index contributed by atoms with van der Waals surface area (Å²) in [6.45, 7) is 1.60. The second-order valence-corrected chi connectivity index (χ2v) is 5.83. The molecule has 2 fully saturated rings. The van der Waals surface area contributed by atoms with Crippen molar-refractivity contribution in [1.82, 2.24) is 4.90 Å². The lowest BCUT2D eigenvalue weighted by Gasteiger charge is -2.17. The minimum Gasteiger partial charge on any atom is -0.458 e. The summed E-state index contributed by atoms with van der Waals surface area (Å²) in [6.07, 6.45) is 3.77. The van der Waals surface area contributed by atoms with E-state index in [1.54, 1.807) is 6.07 Å². The molecule has 1 aliphatic heterocycles. The number of nitrogens with two attached hydrogens (primary N) is 1. The van der Waals surface area contributed by atoms with E-state index in [9.17, 15) is 4.79 Å². The molecule has 1 aliphatic carbocycles. The number of carbonyl (C=O) groups is 1. The van der Waals surface area contributed by atoms with Crippen LogP contribution in [0.15, 0.2) is 21.2 Å². The van der Waals surface area contributed by atoms with E-state index in [4.69, 9.17) is 10.2 Å². The van der Waals surface area contributed by atoms with Crippen molar-refractivity contribution in [2.24, 2.45) is 17.6 Å². The van der Waals surface area contributed by atoms with Gasteiger partial charge in [0.1, 0.15) is 0 Å². The topological polar surface area (TPSA) is 59.5 Å². The Morgan fingerprint density at radius 1 is 1.47 bits per heavy atom. The molecule has 0 radical (unpaired) electrons. The lowest BCUT2D eigenvalue weighted by Crippen LogP contribution is -2.33. The predicted octanol–water partition coefficient (Wildman–Crippen LogP) is 1.85. The van der Waals surface area contributed by atoms with Gasteiger partial charge < -0.3 is 15.1 Å². The molecule has 1 saturated heterocycles. The van der Waals surface area contributed by atoms with E-state index in [0.717, 1.165) is 30.4 Å². The van der Waals surface area contributed by atoms with Crippen molar-refractivity contribution in [2.45, 2.75) is 18.9 Å². The molecule has 3 atom stereocenters. The Labute approximate surface area is 108 Å². The highest BCUT2D eigenvalue weighted by molar-refractivity contribution is 9.10. The fourth-order valence-corrected chi connectivity index (χ4v) is 3.43. The number of hydrogen-bond donors (Lipinski definition) is 1. The van der Waals surface area contributed by atoms with Crippen molar-refractivity contribution < 1.29 is 9.21 Å². The molecular formula is C12H15BrN2O2. The summed E-state index contributed by atoms with van der Waals surface area (Å²) in [5, 5.41) is 0. The van der Waals surface area contributed by atoms with Crippen molar-refractivity contribution in [3.63, 3.8) is 0 Å². The van der Waals surface area contributed by atoms with Gasteiger partial charge in [0.15, 0.2) is 0 Å². The maximum Gasteiger partial charge on any atom is 0.290 e. The number of amides is 1. The van der Waals surface area contributed by atoms with E-state index in [1.165, 1.54) is 6.26 Å². The molecule has 1 aromatic rings. The van der Waals surface area contributed by atoms with Crippen LogP contribution in [0, 0.1) is 11.8 Å². The number of rotatable bonds is 1. The second-order valence-electron chi connectivity index (χ2n) is 4.97. The first-order valence-corrected chi connectivity index (χ1v) is 6.74. The predicted molar refractivity (Wildman–Crippen MR) is 66.5 cm³/mol. The third kappa shape index (κ3) is 1.81. The average Bonchev–Trinajstić information content (AvgIpc) is 2.96. The highest BCUT2D eigenvalue weighted by Gasteiger charge is 2.43. The summed E-state index contributed by atoms with van der Waals surface area (Å²) in [6, 6.07) is 2.01. The van der Waals surface area contributed by atoms with E-state index < -0.39 is 0 Å². The first-order chi connectivity index (χ1) is 8.16. The molecular weight excluding hydrogens is 284 g/mol. The number of fused-ring (bicyclic) bond motifs is 1. The summed E-state index contributed by atoms with van der Waals surface area (Å²) in [4.78, 5) is 14.1. The molecule has 1 aromatic heterocycles. The Kier molecular flexibility index (Phi) is 2.75. The molecule has 0 bridgehead atoms. The SMILES string of the molecule is NC1CCC2CN(C(=O)c3occc3Br)CC12. The zero-order valence-electron chi connectivity index (χ0n) is 9.43. The maximum atomic E-state index is 12.2. The van der Waals surface area contributed by atoms with Crippen LogP contribution in [0.5, 0.6) is 0 Å². The van der Waals surface area contributed by atoms with Crippen LogP contribution >= 0.6 is 15.9 Å². The van der Waals surface area contributed by atoms with Crippen LogP contribution in [-0.4, -0.2) is 29.9 Å². The van der Waals surface area contributed by atoms with Gasteiger partial charge in [-0.25, -0.2) is 0 Å². The maximum absolute atomic E-state index is 12.2. The Morgan fingerprint density at radius 2 is 2.29 bits per heavy atom. The quantitative estimate of drug-likeness (QED) is 0.861. The van der Waals surface area contributed by atoms with Crippen LogP contribution in [0.3, 0.4) is 0 Å².